The number of hydrogen-bond acceptors (Lipinski definition) is 3. The van der Waals surface area contributed by atoms with Crippen LogP contribution in [0.15, 0.2) is 18.2 Å². The van der Waals surface area contributed by atoms with Crippen LogP contribution in [-0.4, -0.2) is 34.2 Å². The van der Waals surface area contributed by atoms with Gasteiger partial charge in [-0.15, -0.1) is 0 Å². The monoisotopic (exact) mass is 348 g/mol. The third-order valence-electron chi connectivity index (χ3n) is 2.52. The van der Waals surface area contributed by atoms with E-state index >= 15 is 0 Å². The molecule has 0 atom stereocenters. The lowest BCUT2D eigenvalue weighted by Gasteiger charge is -2.21. The number of rotatable bonds is 6. The molecular weight excluding hydrogens is 336 g/mol. The average molecular weight is 350 g/mol. The summed E-state index contributed by atoms with van der Waals surface area (Å²) in [6.07, 6.45) is 0.792. The first-order chi connectivity index (χ1) is 9.01. The van der Waals surface area contributed by atoms with Gasteiger partial charge >= 0.3 is 0 Å². The molecule has 0 unspecified atom stereocenters. The van der Waals surface area contributed by atoms with Gasteiger partial charge in [0.2, 0.25) is 0 Å². The number of amides is 1. The molecule has 1 aromatic rings. The van der Waals surface area contributed by atoms with Gasteiger partial charge in [-0.3, -0.25) is 14.9 Å². The molecule has 1 rings (SSSR count). The minimum Gasteiger partial charge on any atom is -0.338 e. The van der Waals surface area contributed by atoms with Crippen LogP contribution in [0, 0.1) is 10.1 Å². The van der Waals surface area contributed by atoms with Gasteiger partial charge in [0, 0.05) is 29.5 Å². The summed E-state index contributed by atoms with van der Waals surface area (Å²) in [5.74, 6) is -0.343. The second-order valence-corrected chi connectivity index (χ2v) is 5.13. The van der Waals surface area contributed by atoms with Crippen molar-refractivity contribution >= 4 is 39.1 Å². The fourth-order valence-electron chi connectivity index (χ4n) is 1.69. The largest absolute Gasteiger partial charge is 0.338 e. The van der Waals surface area contributed by atoms with Crippen LogP contribution in [0.1, 0.15) is 23.7 Å². The van der Waals surface area contributed by atoms with Crippen LogP contribution in [0.2, 0.25) is 5.02 Å². The van der Waals surface area contributed by atoms with Crippen LogP contribution in [0.4, 0.5) is 5.69 Å². The predicted molar refractivity (Wildman–Crippen MR) is 78.1 cm³/mol. The molecule has 0 aliphatic heterocycles. The SMILES string of the molecule is CCCN(CCBr)C(=O)c1ccc(Cl)cc1[N+](=O)[O-]. The lowest BCUT2D eigenvalue weighted by atomic mass is 10.1. The van der Waals surface area contributed by atoms with Crippen LogP contribution in [0.3, 0.4) is 0 Å². The smallest absolute Gasteiger partial charge is 0.283 e. The first-order valence-corrected chi connectivity index (χ1v) is 7.30. The van der Waals surface area contributed by atoms with Crippen LogP contribution < -0.4 is 0 Å². The maximum atomic E-state index is 12.3. The van der Waals surface area contributed by atoms with Crippen molar-refractivity contribution in [2.24, 2.45) is 0 Å². The van der Waals surface area contributed by atoms with E-state index in [1.807, 2.05) is 6.92 Å². The third-order valence-corrected chi connectivity index (χ3v) is 3.11. The van der Waals surface area contributed by atoms with Gasteiger partial charge in [-0.25, -0.2) is 0 Å². The topological polar surface area (TPSA) is 63.5 Å². The van der Waals surface area contributed by atoms with Crippen LogP contribution in [0.25, 0.3) is 0 Å². The Kier molecular flexibility index (Phi) is 6.24. The van der Waals surface area contributed by atoms with Gasteiger partial charge in [0.1, 0.15) is 5.56 Å². The van der Waals surface area contributed by atoms with Gasteiger partial charge in [-0.1, -0.05) is 34.5 Å². The summed E-state index contributed by atoms with van der Waals surface area (Å²) in [7, 11) is 0. The minimum absolute atomic E-state index is 0.0730. The molecule has 1 aromatic carbocycles. The quantitative estimate of drug-likeness (QED) is 0.448. The lowest BCUT2D eigenvalue weighted by molar-refractivity contribution is -0.385. The molecule has 0 radical (unpaired) electrons. The minimum atomic E-state index is -0.586. The summed E-state index contributed by atoms with van der Waals surface area (Å²) in [5, 5.41) is 11.9. The highest BCUT2D eigenvalue weighted by atomic mass is 79.9. The molecule has 19 heavy (non-hydrogen) atoms. The molecule has 0 saturated carbocycles. The van der Waals surface area contributed by atoms with Crippen molar-refractivity contribution in [3.63, 3.8) is 0 Å². The summed E-state index contributed by atoms with van der Waals surface area (Å²) in [4.78, 5) is 24.3. The zero-order valence-electron chi connectivity index (χ0n) is 10.4. The van der Waals surface area contributed by atoms with Crippen molar-refractivity contribution in [1.82, 2.24) is 4.90 Å². The normalized spacial score (nSPS) is 10.3. The van der Waals surface area contributed by atoms with E-state index in [0.717, 1.165) is 6.42 Å². The molecule has 0 spiro atoms. The molecule has 0 saturated heterocycles. The van der Waals surface area contributed by atoms with Crippen molar-refractivity contribution in [2.45, 2.75) is 13.3 Å². The van der Waals surface area contributed by atoms with E-state index in [2.05, 4.69) is 15.9 Å². The van der Waals surface area contributed by atoms with Crippen LogP contribution in [0.5, 0.6) is 0 Å². The number of nitrogens with zero attached hydrogens (tertiary/aromatic N) is 2. The number of alkyl halides is 1. The van der Waals surface area contributed by atoms with E-state index in [1.165, 1.54) is 18.2 Å². The summed E-state index contributed by atoms with van der Waals surface area (Å²) < 4.78 is 0. The van der Waals surface area contributed by atoms with Crippen LogP contribution in [-0.2, 0) is 0 Å². The van der Waals surface area contributed by atoms with Gasteiger partial charge in [0.05, 0.1) is 4.92 Å². The Morgan fingerprint density at radius 3 is 2.68 bits per heavy atom. The van der Waals surface area contributed by atoms with E-state index in [0.29, 0.717) is 18.4 Å². The fraction of sp³-hybridized carbons (Fsp3) is 0.417. The predicted octanol–water partition coefficient (Wildman–Crippen LogP) is 3.50. The van der Waals surface area contributed by atoms with E-state index < -0.39 is 4.92 Å². The summed E-state index contributed by atoms with van der Waals surface area (Å²) >= 11 is 9.00. The van der Waals surface area contributed by atoms with E-state index in [9.17, 15) is 14.9 Å². The second-order valence-electron chi connectivity index (χ2n) is 3.90. The number of hydrogen-bond donors (Lipinski definition) is 0. The number of nitro groups is 1. The van der Waals surface area contributed by atoms with Crippen molar-refractivity contribution in [2.75, 3.05) is 18.4 Å². The summed E-state index contributed by atoms with van der Waals surface area (Å²) in [6.45, 7) is 3.02. The Morgan fingerprint density at radius 1 is 1.47 bits per heavy atom. The van der Waals surface area contributed by atoms with E-state index in [1.54, 1.807) is 4.90 Å². The maximum absolute atomic E-state index is 12.3. The molecule has 0 aliphatic rings. The molecule has 0 heterocycles. The number of halogens is 2. The molecule has 104 valence electrons. The van der Waals surface area contributed by atoms with Crippen molar-refractivity contribution in [3.05, 3.63) is 38.9 Å². The highest BCUT2D eigenvalue weighted by Crippen LogP contribution is 2.24. The molecular formula is C12H14BrClN2O3. The van der Waals surface area contributed by atoms with Crippen LogP contribution >= 0.6 is 27.5 Å². The lowest BCUT2D eigenvalue weighted by Crippen LogP contribution is -2.33. The van der Waals surface area contributed by atoms with E-state index in [4.69, 9.17) is 11.6 Å². The Labute approximate surface area is 124 Å². The number of carbonyl (C=O) groups is 1. The van der Waals surface area contributed by atoms with Gasteiger partial charge in [-0.05, 0) is 18.6 Å². The summed E-state index contributed by atoms with van der Waals surface area (Å²) in [5.41, 5.74) is -0.183. The Bertz CT molecular complexity index is 476. The van der Waals surface area contributed by atoms with Gasteiger partial charge in [0.15, 0.2) is 0 Å². The highest BCUT2D eigenvalue weighted by molar-refractivity contribution is 9.09. The molecule has 0 fully saturated rings. The maximum Gasteiger partial charge on any atom is 0.283 e. The van der Waals surface area contributed by atoms with Gasteiger partial charge in [0.25, 0.3) is 11.6 Å². The molecule has 0 aromatic heterocycles. The summed E-state index contributed by atoms with van der Waals surface area (Å²) in [6, 6.07) is 4.09. The van der Waals surface area contributed by atoms with E-state index in [-0.39, 0.29) is 22.2 Å². The molecule has 0 aliphatic carbocycles. The Hall–Kier alpha value is -1.14. The second kappa shape index (κ2) is 7.45. The van der Waals surface area contributed by atoms with Crippen molar-refractivity contribution in [3.8, 4) is 0 Å². The number of benzene rings is 1. The Balaban J connectivity index is 3.13. The zero-order valence-corrected chi connectivity index (χ0v) is 12.8. The molecule has 0 bridgehead atoms. The fourth-order valence-corrected chi connectivity index (χ4v) is 2.29. The highest BCUT2D eigenvalue weighted by Gasteiger charge is 2.24. The number of carbonyl (C=O) groups excluding carboxylic acids is 1. The molecule has 7 heteroatoms. The first kappa shape index (κ1) is 15.9. The molecule has 0 N–H and O–H groups in total. The zero-order chi connectivity index (χ0) is 14.4. The van der Waals surface area contributed by atoms with Crippen molar-refractivity contribution < 1.29 is 9.72 Å². The third kappa shape index (κ3) is 4.18. The standard InChI is InChI=1S/C12H14BrClN2O3/c1-2-6-15(7-5-13)12(17)10-4-3-9(14)8-11(10)16(18)19/h3-4,8H,2,5-7H2,1H3. The Morgan fingerprint density at radius 2 is 2.16 bits per heavy atom. The average Bonchev–Trinajstić information content (AvgIpc) is 2.37. The molecule has 1 amide bonds. The van der Waals surface area contributed by atoms with Crippen molar-refractivity contribution in [1.29, 1.82) is 0 Å². The number of nitro benzene ring substituents is 1. The molecule has 5 nitrogen and oxygen atoms in total. The van der Waals surface area contributed by atoms with Gasteiger partial charge < -0.3 is 4.90 Å². The first-order valence-electron chi connectivity index (χ1n) is 5.80. The van der Waals surface area contributed by atoms with Gasteiger partial charge in [-0.2, -0.15) is 0 Å².